The summed E-state index contributed by atoms with van der Waals surface area (Å²) in [5, 5.41) is 11.9. The zero-order chi connectivity index (χ0) is 8.27. The van der Waals surface area contributed by atoms with Crippen molar-refractivity contribution in [2.75, 3.05) is 12.4 Å². The van der Waals surface area contributed by atoms with Gasteiger partial charge in [0.25, 0.3) is 0 Å². The zero-order valence-corrected chi connectivity index (χ0v) is 6.33. The molecule has 1 heterocycles. The van der Waals surface area contributed by atoms with Crippen molar-refractivity contribution in [2.24, 2.45) is 0 Å². The third-order valence-electron chi connectivity index (χ3n) is 1.36. The van der Waals surface area contributed by atoms with Crippen molar-refractivity contribution in [2.45, 2.75) is 0 Å². The van der Waals surface area contributed by atoms with Crippen molar-refractivity contribution >= 4 is 11.9 Å². The molecule has 3 heteroatoms. The van der Waals surface area contributed by atoms with Gasteiger partial charge in [0.1, 0.15) is 11.6 Å². The molecule has 0 bridgehead atoms. The number of nitrogens with zero attached hydrogens (tertiary/aromatic N) is 1. The van der Waals surface area contributed by atoms with E-state index in [-0.39, 0.29) is 5.75 Å². The van der Waals surface area contributed by atoms with Crippen molar-refractivity contribution in [1.82, 2.24) is 4.98 Å². The molecule has 1 aromatic rings. The Morgan fingerprint density at radius 1 is 1.73 bits per heavy atom. The Labute approximate surface area is 65.4 Å². The minimum Gasteiger partial charge on any atom is -0.506 e. The Bertz CT molecular complexity index is 271. The number of aromatic hydroxyl groups is 1. The monoisotopic (exact) mass is 150 g/mol. The number of pyridine rings is 1. The number of aromatic nitrogens is 1. The predicted molar refractivity (Wildman–Crippen MR) is 45.5 cm³/mol. The first-order valence-electron chi connectivity index (χ1n) is 3.27. The highest BCUT2D eigenvalue weighted by Crippen LogP contribution is 2.17. The van der Waals surface area contributed by atoms with E-state index < -0.39 is 0 Å². The first kappa shape index (κ1) is 7.60. The average molecular weight is 150 g/mol. The molecule has 0 aromatic carbocycles. The third kappa shape index (κ3) is 1.49. The SMILES string of the molecule is C=Cc1cc(O)cnc1NC. The van der Waals surface area contributed by atoms with Crippen LogP contribution < -0.4 is 5.32 Å². The summed E-state index contributed by atoms with van der Waals surface area (Å²) in [5.74, 6) is 0.872. The highest BCUT2D eigenvalue weighted by molar-refractivity contribution is 5.62. The van der Waals surface area contributed by atoms with Crippen molar-refractivity contribution < 1.29 is 5.11 Å². The lowest BCUT2D eigenvalue weighted by atomic mass is 10.2. The molecule has 0 saturated heterocycles. The van der Waals surface area contributed by atoms with Crippen LogP contribution in [-0.4, -0.2) is 17.1 Å². The van der Waals surface area contributed by atoms with E-state index in [0.717, 1.165) is 11.4 Å². The van der Waals surface area contributed by atoms with Gasteiger partial charge in [0.05, 0.1) is 6.20 Å². The lowest BCUT2D eigenvalue weighted by Gasteiger charge is -2.02. The minimum absolute atomic E-state index is 0.152. The van der Waals surface area contributed by atoms with E-state index in [1.54, 1.807) is 19.2 Å². The molecule has 58 valence electrons. The summed E-state index contributed by atoms with van der Waals surface area (Å²) in [6.45, 7) is 3.59. The second-order valence-electron chi connectivity index (χ2n) is 2.09. The van der Waals surface area contributed by atoms with Gasteiger partial charge in [-0.3, -0.25) is 0 Å². The van der Waals surface area contributed by atoms with Crippen LogP contribution in [0.15, 0.2) is 18.8 Å². The van der Waals surface area contributed by atoms with E-state index in [9.17, 15) is 0 Å². The third-order valence-corrected chi connectivity index (χ3v) is 1.36. The average Bonchev–Trinajstić information content (AvgIpc) is 2.04. The fraction of sp³-hybridized carbons (Fsp3) is 0.125. The molecule has 0 atom stereocenters. The largest absolute Gasteiger partial charge is 0.506 e. The quantitative estimate of drug-likeness (QED) is 0.671. The maximum atomic E-state index is 9.03. The van der Waals surface area contributed by atoms with Crippen LogP contribution in [0, 0.1) is 0 Å². The predicted octanol–water partition coefficient (Wildman–Crippen LogP) is 1.47. The lowest BCUT2D eigenvalue weighted by molar-refractivity contribution is 0.472. The Balaban J connectivity index is 3.16. The van der Waals surface area contributed by atoms with Crippen LogP contribution in [0.1, 0.15) is 5.56 Å². The summed E-state index contributed by atoms with van der Waals surface area (Å²) in [4.78, 5) is 3.94. The first-order valence-corrected chi connectivity index (χ1v) is 3.27. The fourth-order valence-electron chi connectivity index (χ4n) is 0.835. The molecule has 0 unspecified atom stereocenters. The van der Waals surface area contributed by atoms with Crippen LogP contribution in [0.4, 0.5) is 5.82 Å². The molecule has 3 nitrogen and oxygen atoms in total. The molecule has 0 aliphatic carbocycles. The van der Waals surface area contributed by atoms with Gasteiger partial charge in [-0.25, -0.2) is 4.98 Å². The van der Waals surface area contributed by atoms with E-state index in [4.69, 9.17) is 5.11 Å². The lowest BCUT2D eigenvalue weighted by Crippen LogP contribution is -1.93. The highest BCUT2D eigenvalue weighted by atomic mass is 16.3. The number of rotatable bonds is 2. The molecule has 1 rings (SSSR count). The van der Waals surface area contributed by atoms with Crippen molar-refractivity contribution in [3.05, 3.63) is 24.4 Å². The molecule has 2 N–H and O–H groups in total. The van der Waals surface area contributed by atoms with Crippen LogP contribution >= 0.6 is 0 Å². The van der Waals surface area contributed by atoms with Gasteiger partial charge >= 0.3 is 0 Å². The standard InChI is InChI=1S/C8H10N2O/c1-3-6-4-7(11)5-10-8(6)9-2/h3-5,11H,1H2,2H3,(H,9,10). The van der Waals surface area contributed by atoms with Crippen LogP contribution in [0.25, 0.3) is 6.08 Å². The molecule has 0 aliphatic rings. The minimum atomic E-state index is 0.152. The molecule has 0 saturated carbocycles. The summed E-state index contributed by atoms with van der Waals surface area (Å²) in [5.41, 5.74) is 0.799. The summed E-state index contributed by atoms with van der Waals surface area (Å²) in [6, 6.07) is 1.60. The fourth-order valence-corrected chi connectivity index (χ4v) is 0.835. The molecule has 11 heavy (non-hydrogen) atoms. The van der Waals surface area contributed by atoms with Gasteiger partial charge in [0, 0.05) is 12.6 Å². The molecular weight excluding hydrogens is 140 g/mol. The van der Waals surface area contributed by atoms with Gasteiger partial charge in [-0.2, -0.15) is 0 Å². The van der Waals surface area contributed by atoms with Crippen LogP contribution in [0.5, 0.6) is 5.75 Å². The van der Waals surface area contributed by atoms with E-state index >= 15 is 0 Å². The van der Waals surface area contributed by atoms with E-state index in [1.165, 1.54) is 6.20 Å². The number of hydrogen-bond acceptors (Lipinski definition) is 3. The van der Waals surface area contributed by atoms with Crippen LogP contribution in [-0.2, 0) is 0 Å². The first-order chi connectivity index (χ1) is 5.27. The van der Waals surface area contributed by atoms with Crippen molar-refractivity contribution in [1.29, 1.82) is 0 Å². The van der Waals surface area contributed by atoms with Crippen LogP contribution in [0.2, 0.25) is 0 Å². The van der Waals surface area contributed by atoms with E-state index in [1.807, 2.05) is 0 Å². The maximum Gasteiger partial charge on any atom is 0.134 e. The molecule has 1 aromatic heterocycles. The molecule has 0 fully saturated rings. The summed E-state index contributed by atoms with van der Waals surface area (Å²) >= 11 is 0. The normalized spacial score (nSPS) is 9.18. The van der Waals surface area contributed by atoms with Gasteiger partial charge in [-0.05, 0) is 6.07 Å². The van der Waals surface area contributed by atoms with Gasteiger partial charge in [-0.1, -0.05) is 12.7 Å². The second kappa shape index (κ2) is 3.05. The van der Waals surface area contributed by atoms with E-state index in [0.29, 0.717) is 0 Å². The van der Waals surface area contributed by atoms with Gasteiger partial charge in [0.2, 0.25) is 0 Å². The topological polar surface area (TPSA) is 45.2 Å². The Hall–Kier alpha value is -1.51. The number of hydrogen-bond donors (Lipinski definition) is 2. The summed E-state index contributed by atoms with van der Waals surface area (Å²) in [6.07, 6.45) is 3.03. The Morgan fingerprint density at radius 3 is 3.00 bits per heavy atom. The van der Waals surface area contributed by atoms with Gasteiger partial charge in [-0.15, -0.1) is 0 Å². The van der Waals surface area contributed by atoms with E-state index in [2.05, 4.69) is 16.9 Å². The maximum absolute atomic E-state index is 9.03. The second-order valence-corrected chi connectivity index (χ2v) is 2.09. The summed E-state index contributed by atoms with van der Waals surface area (Å²) in [7, 11) is 1.77. The molecular formula is C8H10N2O. The van der Waals surface area contributed by atoms with Gasteiger partial charge < -0.3 is 10.4 Å². The van der Waals surface area contributed by atoms with Gasteiger partial charge in [0.15, 0.2) is 0 Å². The zero-order valence-electron chi connectivity index (χ0n) is 6.33. The smallest absolute Gasteiger partial charge is 0.134 e. The van der Waals surface area contributed by atoms with Crippen LogP contribution in [0.3, 0.4) is 0 Å². The summed E-state index contributed by atoms with van der Waals surface area (Å²) < 4.78 is 0. The van der Waals surface area contributed by atoms with Crippen molar-refractivity contribution in [3.8, 4) is 5.75 Å². The Morgan fingerprint density at radius 2 is 2.45 bits per heavy atom. The number of anilines is 1. The Kier molecular flexibility index (Phi) is 2.11. The molecule has 0 spiro atoms. The molecule has 0 aliphatic heterocycles. The number of nitrogens with one attached hydrogen (secondary N) is 1. The molecule has 0 amide bonds. The van der Waals surface area contributed by atoms with Crippen molar-refractivity contribution in [3.63, 3.8) is 0 Å². The molecule has 0 radical (unpaired) electrons. The highest BCUT2D eigenvalue weighted by Gasteiger charge is 1.98.